The molecule has 0 unspecified atom stereocenters. The summed E-state index contributed by atoms with van der Waals surface area (Å²) in [6.45, 7) is 10.7. The summed E-state index contributed by atoms with van der Waals surface area (Å²) >= 11 is 8.50. The lowest BCUT2D eigenvalue weighted by molar-refractivity contribution is 0.647. The van der Waals surface area contributed by atoms with Gasteiger partial charge in [0, 0.05) is 30.1 Å². The molecule has 1 heterocycles. The summed E-state index contributed by atoms with van der Waals surface area (Å²) in [6, 6.07) is 6.44. The van der Waals surface area contributed by atoms with Gasteiger partial charge < -0.3 is 10.2 Å². The van der Waals surface area contributed by atoms with Crippen molar-refractivity contribution in [3.63, 3.8) is 0 Å². The molecule has 106 valence electrons. The molecule has 1 aromatic carbocycles. The minimum atomic E-state index is 0.310. The zero-order chi connectivity index (χ0) is 13.9. The molecule has 2 nitrogen and oxygen atoms in total. The average molecular weight is 299 g/mol. The molecule has 0 aliphatic carbocycles. The first kappa shape index (κ1) is 15.0. The van der Waals surface area contributed by atoms with Crippen molar-refractivity contribution in [2.45, 2.75) is 32.1 Å². The molecule has 1 N–H and O–H groups in total. The summed E-state index contributed by atoms with van der Waals surface area (Å²) in [4.78, 5) is 2.41. The molecule has 0 radical (unpaired) electrons. The zero-order valence-electron chi connectivity index (χ0n) is 12.0. The smallest absolute Gasteiger partial charge is 0.0642 e. The SMILES string of the molecule is CCNCc1ccc(N2CCSC(C)(C)C2)c(Cl)c1. The van der Waals surface area contributed by atoms with Crippen LogP contribution < -0.4 is 10.2 Å². The Morgan fingerprint density at radius 3 is 2.84 bits per heavy atom. The largest absolute Gasteiger partial charge is 0.368 e. The molecule has 0 spiro atoms. The third-order valence-corrected chi connectivity index (χ3v) is 4.96. The molecule has 0 bridgehead atoms. The molecule has 0 aromatic heterocycles. The maximum atomic E-state index is 6.46. The molecule has 1 fully saturated rings. The summed E-state index contributed by atoms with van der Waals surface area (Å²) < 4.78 is 0.310. The fourth-order valence-corrected chi connectivity index (χ4v) is 3.84. The van der Waals surface area contributed by atoms with E-state index in [1.54, 1.807) is 0 Å². The number of nitrogens with one attached hydrogen (secondary N) is 1. The number of rotatable bonds is 4. The van der Waals surface area contributed by atoms with Crippen LogP contribution in [0.15, 0.2) is 18.2 Å². The lowest BCUT2D eigenvalue weighted by Gasteiger charge is -2.39. The molecule has 1 aliphatic heterocycles. The molecule has 19 heavy (non-hydrogen) atoms. The number of halogens is 1. The molecule has 1 aromatic rings. The van der Waals surface area contributed by atoms with Gasteiger partial charge in [-0.05, 0) is 38.1 Å². The van der Waals surface area contributed by atoms with Gasteiger partial charge in [0.2, 0.25) is 0 Å². The van der Waals surface area contributed by atoms with Gasteiger partial charge in [0.15, 0.2) is 0 Å². The maximum Gasteiger partial charge on any atom is 0.0642 e. The van der Waals surface area contributed by atoms with E-state index in [0.717, 1.165) is 31.2 Å². The number of benzene rings is 1. The van der Waals surface area contributed by atoms with Gasteiger partial charge >= 0.3 is 0 Å². The van der Waals surface area contributed by atoms with E-state index < -0.39 is 0 Å². The highest BCUT2D eigenvalue weighted by Crippen LogP contribution is 2.35. The highest BCUT2D eigenvalue weighted by atomic mass is 35.5. The second-order valence-corrected chi connectivity index (χ2v) is 7.81. The van der Waals surface area contributed by atoms with Crippen molar-refractivity contribution in [3.8, 4) is 0 Å². The van der Waals surface area contributed by atoms with Crippen LogP contribution in [0.25, 0.3) is 0 Å². The fourth-order valence-electron chi connectivity index (χ4n) is 2.41. The number of nitrogens with zero attached hydrogens (tertiary/aromatic N) is 1. The van der Waals surface area contributed by atoms with Crippen LogP contribution in [0.3, 0.4) is 0 Å². The van der Waals surface area contributed by atoms with Gasteiger partial charge in [0.05, 0.1) is 10.7 Å². The van der Waals surface area contributed by atoms with Crippen LogP contribution >= 0.6 is 23.4 Å². The molecular formula is C15H23ClN2S. The Morgan fingerprint density at radius 1 is 1.42 bits per heavy atom. The summed E-state index contributed by atoms with van der Waals surface area (Å²) in [7, 11) is 0. The van der Waals surface area contributed by atoms with Gasteiger partial charge in [-0.2, -0.15) is 11.8 Å². The van der Waals surface area contributed by atoms with Crippen molar-refractivity contribution >= 4 is 29.1 Å². The Kier molecular flexibility index (Phi) is 5.04. The molecule has 4 heteroatoms. The maximum absolute atomic E-state index is 6.46. The van der Waals surface area contributed by atoms with Crippen LogP contribution in [-0.2, 0) is 6.54 Å². The van der Waals surface area contributed by atoms with Gasteiger partial charge in [-0.1, -0.05) is 24.6 Å². The van der Waals surface area contributed by atoms with Crippen molar-refractivity contribution in [1.29, 1.82) is 0 Å². The summed E-state index contributed by atoms with van der Waals surface area (Å²) in [5.74, 6) is 1.17. The van der Waals surface area contributed by atoms with Crippen LogP contribution in [0, 0.1) is 0 Å². The van der Waals surface area contributed by atoms with E-state index in [4.69, 9.17) is 11.6 Å². The second-order valence-electron chi connectivity index (χ2n) is 5.60. The predicted molar refractivity (Wildman–Crippen MR) is 87.6 cm³/mol. The number of hydrogen-bond donors (Lipinski definition) is 1. The second kappa shape index (κ2) is 6.38. The van der Waals surface area contributed by atoms with Crippen LogP contribution in [0.5, 0.6) is 0 Å². The third kappa shape index (κ3) is 4.04. The van der Waals surface area contributed by atoms with Gasteiger partial charge in [-0.3, -0.25) is 0 Å². The lowest BCUT2D eigenvalue weighted by Crippen LogP contribution is -2.43. The Balaban J connectivity index is 2.12. The molecule has 2 rings (SSSR count). The van der Waals surface area contributed by atoms with E-state index in [1.165, 1.54) is 17.0 Å². The van der Waals surface area contributed by atoms with Crippen molar-refractivity contribution < 1.29 is 0 Å². The van der Waals surface area contributed by atoms with E-state index in [-0.39, 0.29) is 0 Å². The Hall–Kier alpha value is -0.380. The predicted octanol–water partition coefficient (Wildman–Crippen LogP) is 3.78. The van der Waals surface area contributed by atoms with Gasteiger partial charge in [-0.15, -0.1) is 0 Å². The van der Waals surface area contributed by atoms with Gasteiger partial charge in [0.25, 0.3) is 0 Å². The van der Waals surface area contributed by atoms with Crippen LogP contribution in [0.2, 0.25) is 5.02 Å². The molecule has 0 amide bonds. The molecular weight excluding hydrogens is 276 g/mol. The molecule has 1 aliphatic rings. The van der Waals surface area contributed by atoms with E-state index in [0.29, 0.717) is 4.75 Å². The molecule has 1 saturated heterocycles. The van der Waals surface area contributed by atoms with Crippen LogP contribution in [0.4, 0.5) is 5.69 Å². The van der Waals surface area contributed by atoms with Crippen LogP contribution in [0.1, 0.15) is 26.3 Å². The summed E-state index contributed by atoms with van der Waals surface area (Å²) in [5, 5.41) is 4.20. The van der Waals surface area contributed by atoms with Crippen molar-refractivity contribution in [2.24, 2.45) is 0 Å². The minimum Gasteiger partial charge on any atom is -0.368 e. The minimum absolute atomic E-state index is 0.310. The number of anilines is 1. The average Bonchev–Trinajstić information content (AvgIpc) is 2.35. The zero-order valence-corrected chi connectivity index (χ0v) is 13.6. The molecule has 0 atom stereocenters. The first-order chi connectivity index (χ1) is 9.02. The standard InChI is InChI=1S/C15H23ClN2S/c1-4-17-10-12-5-6-14(13(16)9-12)18-7-8-19-15(2,3)11-18/h5-6,9,17H,4,7-8,10-11H2,1-3H3. The van der Waals surface area contributed by atoms with Crippen LogP contribution in [-0.4, -0.2) is 30.1 Å². The van der Waals surface area contributed by atoms with Gasteiger partial charge in [-0.25, -0.2) is 0 Å². The summed E-state index contributed by atoms with van der Waals surface area (Å²) in [6.07, 6.45) is 0. The Morgan fingerprint density at radius 2 is 2.21 bits per heavy atom. The number of thioether (sulfide) groups is 1. The van der Waals surface area contributed by atoms with Crippen molar-refractivity contribution in [1.82, 2.24) is 5.32 Å². The van der Waals surface area contributed by atoms with Crippen molar-refractivity contribution in [2.75, 3.05) is 30.3 Å². The van der Waals surface area contributed by atoms with E-state index >= 15 is 0 Å². The Bertz CT molecular complexity index is 434. The highest BCUT2D eigenvalue weighted by molar-refractivity contribution is 8.00. The quantitative estimate of drug-likeness (QED) is 0.911. The monoisotopic (exact) mass is 298 g/mol. The van der Waals surface area contributed by atoms with E-state index in [9.17, 15) is 0 Å². The molecule has 0 saturated carbocycles. The first-order valence-corrected chi connectivity index (χ1v) is 8.26. The van der Waals surface area contributed by atoms with E-state index in [1.807, 2.05) is 11.8 Å². The Labute approximate surface area is 125 Å². The summed E-state index contributed by atoms with van der Waals surface area (Å²) in [5.41, 5.74) is 2.43. The van der Waals surface area contributed by atoms with E-state index in [2.05, 4.69) is 49.2 Å². The third-order valence-electron chi connectivity index (χ3n) is 3.36. The highest BCUT2D eigenvalue weighted by Gasteiger charge is 2.27. The topological polar surface area (TPSA) is 15.3 Å². The first-order valence-electron chi connectivity index (χ1n) is 6.90. The number of hydrogen-bond acceptors (Lipinski definition) is 3. The lowest BCUT2D eigenvalue weighted by atomic mass is 10.1. The van der Waals surface area contributed by atoms with Gasteiger partial charge in [0.1, 0.15) is 0 Å². The van der Waals surface area contributed by atoms with Crippen molar-refractivity contribution in [3.05, 3.63) is 28.8 Å². The fraction of sp³-hybridized carbons (Fsp3) is 0.600. The normalized spacial score (nSPS) is 18.6.